The molecule has 1 aromatic carbocycles. The maximum atomic E-state index is 12.2. The molecule has 1 fully saturated rings. The van der Waals surface area contributed by atoms with E-state index in [1.54, 1.807) is 12.1 Å². The van der Waals surface area contributed by atoms with Crippen LogP contribution in [0.1, 0.15) is 18.4 Å². The quantitative estimate of drug-likeness (QED) is 0.921. The molecule has 0 bridgehead atoms. The monoisotopic (exact) mass is 336 g/mol. The highest BCUT2D eigenvalue weighted by Crippen LogP contribution is 2.23. The molecule has 112 valence electrons. The Morgan fingerprint density at radius 3 is 2.75 bits per heavy atom. The maximum Gasteiger partial charge on any atom is 0.227 e. The Morgan fingerprint density at radius 2 is 2.10 bits per heavy atom. The lowest BCUT2D eigenvalue weighted by atomic mass is 9.97. The van der Waals surface area contributed by atoms with Crippen LogP contribution in [-0.4, -0.2) is 30.4 Å². The first-order chi connectivity index (χ1) is 9.10. The van der Waals surface area contributed by atoms with Gasteiger partial charge in [-0.25, -0.2) is 0 Å². The number of carbonyl (C=O) groups excluding carboxylic acids is 1. The van der Waals surface area contributed by atoms with Crippen LogP contribution in [0.5, 0.6) is 0 Å². The number of nitrogens with zero attached hydrogens (tertiary/aromatic N) is 1. The van der Waals surface area contributed by atoms with Crippen LogP contribution < -0.4 is 5.73 Å². The SMILES string of the molecule is Cl.NCC1CCCN(C(=O)Cc2ccc(Cl)c(Cl)c2)C1. The molecule has 20 heavy (non-hydrogen) atoms. The van der Waals surface area contributed by atoms with Crippen molar-refractivity contribution >= 4 is 41.5 Å². The zero-order valence-electron chi connectivity index (χ0n) is 11.1. The Bertz CT molecular complexity index is 468. The smallest absolute Gasteiger partial charge is 0.227 e. The molecule has 0 aliphatic carbocycles. The summed E-state index contributed by atoms with van der Waals surface area (Å²) in [5.41, 5.74) is 6.58. The molecular weight excluding hydrogens is 319 g/mol. The van der Waals surface area contributed by atoms with E-state index in [1.807, 2.05) is 11.0 Å². The number of likely N-dealkylation sites (tertiary alicyclic amines) is 1. The summed E-state index contributed by atoms with van der Waals surface area (Å²) < 4.78 is 0. The van der Waals surface area contributed by atoms with Crippen LogP contribution in [0.15, 0.2) is 18.2 Å². The van der Waals surface area contributed by atoms with E-state index in [-0.39, 0.29) is 18.3 Å². The highest BCUT2D eigenvalue weighted by atomic mass is 35.5. The van der Waals surface area contributed by atoms with Crippen LogP contribution >= 0.6 is 35.6 Å². The normalized spacial score (nSPS) is 18.6. The lowest BCUT2D eigenvalue weighted by Crippen LogP contribution is -2.42. The molecule has 2 rings (SSSR count). The largest absolute Gasteiger partial charge is 0.342 e. The van der Waals surface area contributed by atoms with Crippen molar-refractivity contribution in [1.29, 1.82) is 0 Å². The Balaban J connectivity index is 0.00000200. The minimum Gasteiger partial charge on any atom is -0.342 e. The summed E-state index contributed by atoms with van der Waals surface area (Å²) in [6.07, 6.45) is 2.52. The van der Waals surface area contributed by atoms with Gasteiger partial charge in [0.1, 0.15) is 0 Å². The first kappa shape index (κ1) is 17.6. The maximum absolute atomic E-state index is 12.2. The van der Waals surface area contributed by atoms with Gasteiger partial charge in [0, 0.05) is 13.1 Å². The standard InChI is InChI=1S/C14H18Cl2N2O.ClH/c15-12-4-3-10(6-13(12)16)7-14(19)18-5-1-2-11(8-17)9-18;/h3-4,6,11H,1-2,5,7-9,17H2;1H. The third-order valence-electron chi connectivity index (χ3n) is 3.54. The van der Waals surface area contributed by atoms with Crippen molar-refractivity contribution in [2.24, 2.45) is 11.7 Å². The summed E-state index contributed by atoms with van der Waals surface area (Å²) in [5, 5.41) is 1.00. The van der Waals surface area contributed by atoms with Gasteiger partial charge in [0.2, 0.25) is 5.91 Å². The van der Waals surface area contributed by atoms with E-state index in [0.29, 0.717) is 28.9 Å². The first-order valence-electron chi connectivity index (χ1n) is 6.52. The predicted molar refractivity (Wildman–Crippen MR) is 85.8 cm³/mol. The van der Waals surface area contributed by atoms with Crippen LogP contribution in [-0.2, 0) is 11.2 Å². The fourth-order valence-corrected chi connectivity index (χ4v) is 2.74. The van der Waals surface area contributed by atoms with Crippen molar-refractivity contribution in [3.8, 4) is 0 Å². The van der Waals surface area contributed by atoms with Gasteiger partial charge in [-0.15, -0.1) is 12.4 Å². The predicted octanol–water partition coefficient (Wildman–Crippen LogP) is 3.16. The molecule has 0 radical (unpaired) electrons. The molecule has 0 saturated carbocycles. The number of amides is 1. The highest BCUT2D eigenvalue weighted by Gasteiger charge is 2.22. The second-order valence-corrected chi connectivity index (χ2v) is 5.82. The van der Waals surface area contributed by atoms with Crippen LogP contribution in [0.2, 0.25) is 10.0 Å². The van der Waals surface area contributed by atoms with E-state index >= 15 is 0 Å². The summed E-state index contributed by atoms with van der Waals surface area (Å²) in [4.78, 5) is 14.1. The van der Waals surface area contributed by atoms with Gasteiger partial charge in [0.25, 0.3) is 0 Å². The van der Waals surface area contributed by atoms with E-state index < -0.39 is 0 Å². The van der Waals surface area contributed by atoms with E-state index in [1.165, 1.54) is 0 Å². The topological polar surface area (TPSA) is 46.3 Å². The average molecular weight is 338 g/mol. The molecule has 1 amide bonds. The molecule has 1 aromatic rings. The number of nitrogens with two attached hydrogens (primary N) is 1. The van der Waals surface area contributed by atoms with Crippen LogP contribution in [0.25, 0.3) is 0 Å². The number of rotatable bonds is 3. The zero-order chi connectivity index (χ0) is 13.8. The Morgan fingerprint density at radius 1 is 1.35 bits per heavy atom. The molecule has 1 saturated heterocycles. The number of halogens is 3. The molecule has 1 aliphatic heterocycles. The molecule has 2 N–H and O–H groups in total. The number of hydrogen-bond acceptors (Lipinski definition) is 2. The van der Waals surface area contributed by atoms with Gasteiger partial charge >= 0.3 is 0 Å². The fraction of sp³-hybridized carbons (Fsp3) is 0.500. The van der Waals surface area contributed by atoms with Gasteiger partial charge in [-0.3, -0.25) is 4.79 Å². The third-order valence-corrected chi connectivity index (χ3v) is 4.28. The van der Waals surface area contributed by atoms with Crippen molar-refractivity contribution in [2.75, 3.05) is 19.6 Å². The van der Waals surface area contributed by atoms with Crippen LogP contribution in [0, 0.1) is 5.92 Å². The number of piperidine rings is 1. The summed E-state index contributed by atoms with van der Waals surface area (Å²) >= 11 is 11.8. The summed E-state index contributed by atoms with van der Waals surface area (Å²) in [6, 6.07) is 5.33. The van der Waals surface area contributed by atoms with E-state index in [4.69, 9.17) is 28.9 Å². The first-order valence-corrected chi connectivity index (χ1v) is 7.27. The lowest BCUT2D eigenvalue weighted by Gasteiger charge is -2.32. The van der Waals surface area contributed by atoms with Gasteiger partial charge < -0.3 is 10.6 Å². The molecule has 6 heteroatoms. The van der Waals surface area contributed by atoms with Gasteiger partial charge in [-0.2, -0.15) is 0 Å². The summed E-state index contributed by atoms with van der Waals surface area (Å²) in [7, 11) is 0. The van der Waals surface area contributed by atoms with Crippen molar-refractivity contribution < 1.29 is 4.79 Å². The van der Waals surface area contributed by atoms with Crippen molar-refractivity contribution in [2.45, 2.75) is 19.3 Å². The summed E-state index contributed by atoms with van der Waals surface area (Å²) in [5.74, 6) is 0.572. The number of hydrogen-bond donors (Lipinski definition) is 1. The van der Waals surface area contributed by atoms with E-state index in [0.717, 1.165) is 31.5 Å². The second kappa shape index (κ2) is 8.08. The average Bonchev–Trinajstić information content (AvgIpc) is 2.43. The van der Waals surface area contributed by atoms with Crippen molar-refractivity contribution in [1.82, 2.24) is 4.90 Å². The molecule has 1 heterocycles. The van der Waals surface area contributed by atoms with Gasteiger partial charge in [-0.1, -0.05) is 29.3 Å². The number of benzene rings is 1. The highest BCUT2D eigenvalue weighted by molar-refractivity contribution is 6.42. The second-order valence-electron chi connectivity index (χ2n) is 5.01. The minimum absolute atomic E-state index is 0. The molecule has 1 atom stereocenters. The number of carbonyl (C=O) groups is 1. The van der Waals surface area contributed by atoms with Crippen LogP contribution in [0.4, 0.5) is 0 Å². The fourth-order valence-electron chi connectivity index (χ4n) is 2.42. The summed E-state index contributed by atoms with van der Waals surface area (Å²) in [6.45, 7) is 2.25. The molecular formula is C14H19Cl3N2O. The van der Waals surface area contributed by atoms with E-state index in [2.05, 4.69) is 0 Å². The molecule has 1 unspecified atom stereocenters. The molecule has 3 nitrogen and oxygen atoms in total. The Labute approximate surface area is 135 Å². The van der Waals surface area contributed by atoms with Gasteiger partial charge in [0.05, 0.1) is 16.5 Å². The van der Waals surface area contributed by atoms with Gasteiger partial charge in [0.15, 0.2) is 0 Å². The Hall–Kier alpha value is -0.480. The zero-order valence-corrected chi connectivity index (χ0v) is 13.5. The lowest BCUT2D eigenvalue weighted by molar-refractivity contribution is -0.132. The van der Waals surface area contributed by atoms with E-state index in [9.17, 15) is 4.79 Å². The molecule has 1 aliphatic rings. The Kier molecular flexibility index (Phi) is 7.10. The van der Waals surface area contributed by atoms with Crippen LogP contribution in [0.3, 0.4) is 0 Å². The minimum atomic E-state index is 0. The van der Waals surface area contributed by atoms with Gasteiger partial charge in [-0.05, 0) is 43.0 Å². The molecule has 0 spiro atoms. The van der Waals surface area contributed by atoms with Crippen molar-refractivity contribution in [3.05, 3.63) is 33.8 Å². The van der Waals surface area contributed by atoms with Crippen molar-refractivity contribution in [3.63, 3.8) is 0 Å². The third kappa shape index (κ3) is 4.52. The molecule has 0 aromatic heterocycles.